The second-order valence-electron chi connectivity index (χ2n) is 15.9. The fraction of sp³-hybridized carbons (Fsp3) is 0.650. The number of pyridine rings is 2. The number of fused-ring (bicyclic) bond motifs is 17. The summed E-state index contributed by atoms with van der Waals surface area (Å²) in [6.45, 7) is 6.18. The highest BCUT2D eigenvalue weighted by molar-refractivity contribution is 6.08. The van der Waals surface area contributed by atoms with Crippen LogP contribution in [-0.2, 0) is 0 Å². The van der Waals surface area contributed by atoms with Gasteiger partial charge in [0.15, 0.2) is 0 Å². The molecule has 0 saturated heterocycles. The molecule has 46 heavy (non-hydrogen) atoms. The lowest BCUT2D eigenvalue weighted by Crippen LogP contribution is -2.51. The van der Waals surface area contributed by atoms with Gasteiger partial charge in [-0.05, 0) is 98.3 Å². The molecule has 1 aromatic carbocycles. The van der Waals surface area contributed by atoms with Gasteiger partial charge in [0.05, 0.1) is 11.0 Å². The van der Waals surface area contributed by atoms with E-state index in [1.807, 2.05) is 0 Å². The van der Waals surface area contributed by atoms with Gasteiger partial charge in [-0.25, -0.2) is 9.97 Å². The summed E-state index contributed by atoms with van der Waals surface area (Å²) in [5, 5.41) is 2.11. The van der Waals surface area contributed by atoms with Gasteiger partial charge in [-0.2, -0.15) is 0 Å². The Bertz CT molecular complexity index is 1590. The van der Waals surface area contributed by atoms with Gasteiger partial charge in [0, 0.05) is 47.8 Å². The highest BCUT2D eigenvalue weighted by atomic mass is 16.2. The van der Waals surface area contributed by atoms with Crippen LogP contribution in [0, 0.1) is 23.7 Å². The van der Waals surface area contributed by atoms with Crippen molar-refractivity contribution in [1.82, 2.24) is 19.8 Å². The molecular weight excluding hydrogens is 568 g/mol. The number of hydrogen-bond donors (Lipinski definition) is 0. The number of amides is 2. The van der Waals surface area contributed by atoms with Gasteiger partial charge in [-0.3, -0.25) is 9.59 Å². The smallest absolute Gasteiger partial charge is 0.273 e. The molecule has 0 N–H and O–H groups in total. The van der Waals surface area contributed by atoms with Crippen molar-refractivity contribution in [2.75, 3.05) is 13.1 Å². The Morgan fingerprint density at radius 3 is 1.48 bits per heavy atom. The molecule has 0 radical (unpaired) electrons. The number of nitrogens with zero attached hydrogens (tertiary/aromatic N) is 4. The maximum Gasteiger partial charge on any atom is 0.273 e. The molecule has 6 nitrogen and oxygen atoms in total. The Morgan fingerprint density at radius 2 is 1.04 bits per heavy atom. The minimum Gasteiger partial charge on any atom is -0.333 e. The number of hydrogen-bond acceptors (Lipinski definition) is 4. The number of carbonyl (C=O) groups is 2. The van der Waals surface area contributed by atoms with E-state index in [1.54, 1.807) is 0 Å². The second-order valence-corrected chi connectivity index (χ2v) is 15.9. The summed E-state index contributed by atoms with van der Waals surface area (Å²) in [7, 11) is 0. The van der Waals surface area contributed by atoms with Crippen molar-refractivity contribution in [3.8, 4) is 0 Å². The molecule has 4 fully saturated rings. The van der Waals surface area contributed by atoms with E-state index < -0.39 is 0 Å². The van der Waals surface area contributed by atoms with Crippen LogP contribution in [-0.4, -0.2) is 56.8 Å². The average molecular weight is 619 g/mol. The third kappa shape index (κ3) is 4.26. The largest absolute Gasteiger partial charge is 0.333 e. The van der Waals surface area contributed by atoms with E-state index in [1.165, 1.54) is 88.2 Å². The van der Waals surface area contributed by atoms with E-state index in [2.05, 4.69) is 47.9 Å². The molecule has 2 aromatic heterocycles. The Kier molecular flexibility index (Phi) is 7.16. The van der Waals surface area contributed by atoms with Gasteiger partial charge < -0.3 is 9.80 Å². The maximum atomic E-state index is 14.3. The van der Waals surface area contributed by atoms with Crippen molar-refractivity contribution in [1.29, 1.82) is 0 Å². The third-order valence-corrected chi connectivity index (χ3v) is 13.4. The zero-order chi connectivity index (χ0) is 31.1. The van der Waals surface area contributed by atoms with Crippen molar-refractivity contribution >= 4 is 33.6 Å². The van der Waals surface area contributed by atoms with Gasteiger partial charge in [0.2, 0.25) is 0 Å². The van der Waals surface area contributed by atoms with Crippen LogP contribution in [0.3, 0.4) is 0 Å². The fourth-order valence-corrected chi connectivity index (χ4v) is 11.5. The van der Waals surface area contributed by atoms with Crippen LogP contribution in [0.25, 0.3) is 21.8 Å². The molecule has 4 saturated carbocycles. The average Bonchev–Trinajstić information content (AvgIpc) is 3.89. The lowest BCUT2D eigenvalue weighted by molar-refractivity contribution is 0.0512. The molecule has 6 heteroatoms. The Morgan fingerprint density at radius 1 is 0.609 bits per heavy atom. The number of aromatic nitrogens is 2. The van der Waals surface area contributed by atoms with Crippen LogP contribution < -0.4 is 0 Å². The number of rotatable bonds is 10. The van der Waals surface area contributed by atoms with Crippen LogP contribution in [0.1, 0.15) is 148 Å². The van der Waals surface area contributed by atoms with E-state index in [0.29, 0.717) is 59.0 Å². The van der Waals surface area contributed by atoms with E-state index in [0.717, 1.165) is 47.7 Å². The van der Waals surface area contributed by atoms with Crippen LogP contribution >= 0.6 is 0 Å². The first-order chi connectivity index (χ1) is 22.6. The van der Waals surface area contributed by atoms with Gasteiger partial charge in [-0.1, -0.05) is 64.5 Å². The third-order valence-electron chi connectivity index (χ3n) is 13.4. The van der Waals surface area contributed by atoms with E-state index >= 15 is 0 Å². The summed E-state index contributed by atoms with van der Waals surface area (Å²) >= 11 is 0. The molecule has 4 heterocycles. The normalized spacial score (nSPS) is 32.0. The predicted molar refractivity (Wildman–Crippen MR) is 182 cm³/mol. The topological polar surface area (TPSA) is 66.4 Å². The van der Waals surface area contributed by atoms with Crippen LogP contribution in [0.4, 0.5) is 0 Å². The molecular formula is C40H50N4O2. The summed E-state index contributed by atoms with van der Waals surface area (Å²) in [4.78, 5) is 43.6. The summed E-state index contributed by atoms with van der Waals surface area (Å²) in [6, 6.07) is 9.65. The minimum atomic E-state index is 0.122. The first-order valence-corrected chi connectivity index (χ1v) is 19.0. The summed E-state index contributed by atoms with van der Waals surface area (Å²) < 4.78 is 0. The molecule has 242 valence electrons. The predicted octanol–water partition coefficient (Wildman–Crippen LogP) is 8.62. The molecule has 2 aliphatic heterocycles. The minimum absolute atomic E-state index is 0.122. The Hall–Kier alpha value is -3.02. The molecule has 8 atom stereocenters. The molecule has 3 aromatic rings. The van der Waals surface area contributed by atoms with Crippen LogP contribution in [0.5, 0.6) is 0 Å². The standard InChI is InChI=1S/C40H50N4O2/c1-3-5-7-9-17-43-37-27-15-11-23(19-27)31(37)29-21-25-13-14-26-22-30-32-24-12-16-28(20-24)38(32)44(18-10-8-6-4-2)40(46)36(30)42-34(26)33(25)41-35(29)39(43)45/h13-14,21-24,27-28,31-32,37-38H,3-12,15-20H2,1-2H3. The second kappa shape index (κ2) is 11.3. The van der Waals surface area contributed by atoms with Crippen LogP contribution in [0.2, 0.25) is 0 Å². The Labute approximate surface area is 273 Å². The lowest BCUT2D eigenvalue weighted by atomic mass is 9.75. The van der Waals surface area contributed by atoms with Crippen molar-refractivity contribution in [2.24, 2.45) is 23.7 Å². The van der Waals surface area contributed by atoms with Crippen molar-refractivity contribution in [3.63, 3.8) is 0 Å². The van der Waals surface area contributed by atoms with E-state index in [4.69, 9.17) is 9.97 Å². The highest BCUT2D eigenvalue weighted by Gasteiger charge is 2.56. The highest BCUT2D eigenvalue weighted by Crippen LogP contribution is 2.59. The van der Waals surface area contributed by atoms with Crippen LogP contribution in [0.15, 0.2) is 24.3 Å². The van der Waals surface area contributed by atoms with Gasteiger partial charge in [0.25, 0.3) is 11.8 Å². The van der Waals surface area contributed by atoms with E-state index in [-0.39, 0.29) is 11.8 Å². The number of unbranched alkanes of at least 4 members (excludes halogenated alkanes) is 6. The van der Waals surface area contributed by atoms with Crippen molar-refractivity contribution in [3.05, 3.63) is 46.8 Å². The molecule has 8 unspecified atom stereocenters. The number of benzene rings is 1. The first-order valence-electron chi connectivity index (χ1n) is 19.0. The summed E-state index contributed by atoms with van der Waals surface area (Å²) in [5.41, 5.74) is 5.24. The molecule has 4 aliphatic carbocycles. The quantitative estimate of drug-likeness (QED) is 0.169. The van der Waals surface area contributed by atoms with Gasteiger partial charge in [0.1, 0.15) is 11.4 Å². The summed E-state index contributed by atoms with van der Waals surface area (Å²) in [5.74, 6) is 3.61. The lowest BCUT2D eigenvalue weighted by Gasteiger charge is -2.44. The molecule has 2 amide bonds. The molecule has 0 spiro atoms. The maximum absolute atomic E-state index is 14.3. The van der Waals surface area contributed by atoms with Gasteiger partial charge >= 0.3 is 0 Å². The summed E-state index contributed by atoms with van der Waals surface area (Å²) in [6.07, 6.45) is 16.9. The zero-order valence-electron chi connectivity index (χ0n) is 27.8. The molecule has 4 bridgehead atoms. The fourth-order valence-electron chi connectivity index (χ4n) is 11.5. The SMILES string of the molecule is CCCCCCN1C(=O)c2nc3c(ccc4cc5c(nc43)C(=O)N(CCCCCC)C3C4CCC(C4)C53)cc2C2C3CCC(C3)C21. The van der Waals surface area contributed by atoms with Gasteiger partial charge in [-0.15, -0.1) is 0 Å². The molecule has 9 rings (SSSR count). The van der Waals surface area contributed by atoms with E-state index in [9.17, 15) is 9.59 Å². The zero-order valence-corrected chi connectivity index (χ0v) is 27.8. The van der Waals surface area contributed by atoms with Crippen molar-refractivity contribution in [2.45, 2.75) is 128 Å². The monoisotopic (exact) mass is 618 g/mol. The first kappa shape index (κ1) is 29.1. The van der Waals surface area contributed by atoms with Crippen molar-refractivity contribution < 1.29 is 9.59 Å². The molecule has 6 aliphatic rings. The number of carbonyl (C=O) groups excluding carboxylic acids is 2. The Balaban J connectivity index is 1.14.